The maximum Gasteiger partial charge on any atom is 0.257 e. The molecule has 3 aliphatic heterocycles. The van der Waals surface area contributed by atoms with Gasteiger partial charge in [-0.3, -0.25) is 0 Å². The van der Waals surface area contributed by atoms with Crippen molar-refractivity contribution in [3.8, 4) is 0 Å². The quantitative estimate of drug-likeness (QED) is 0.262. The molecule has 3 heterocycles. The van der Waals surface area contributed by atoms with Crippen molar-refractivity contribution in [1.82, 2.24) is 8.88 Å². The van der Waals surface area contributed by atoms with Crippen LogP contribution in [0.15, 0.2) is 36.1 Å². The third kappa shape index (κ3) is 9.19. The predicted octanol–water partition coefficient (Wildman–Crippen LogP) is 18.4. The molecule has 4 atom stereocenters. The zero-order chi connectivity index (χ0) is 29.4. The maximum absolute atomic E-state index is 7.26. The lowest BCUT2D eigenvalue weighted by atomic mass is 10.2. The van der Waals surface area contributed by atoms with Gasteiger partial charge in [0, 0.05) is 13.1 Å². The topological polar surface area (TPSA) is 105 Å². The van der Waals surface area contributed by atoms with Crippen LogP contribution < -0.4 is 0 Å². The van der Waals surface area contributed by atoms with Gasteiger partial charge >= 0.3 is 0 Å². The summed E-state index contributed by atoms with van der Waals surface area (Å²) in [5.41, 5.74) is 0. The third-order valence-electron chi connectivity index (χ3n) is 4.00. The molecule has 0 aliphatic carbocycles. The van der Waals surface area contributed by atoms with E-state index in [2.05, 4.69) is 27.1 Å². The van der Waals surface area contributed by atoms with Crippen molar-refractivity contribution in [2.24, 2.45) is 48.0 Å². The minimum Gasteiger partial charge on any atom is -0.185 e. The average Bonchev–Trinajstić information content (AvgIpc) is 2.56. The summed E-state index contributed by atoms with van der Waals surface area (Å²) in [6, 6.07) is 0. The summed E-state index contributed by atoms with van der Waals surface area (Å²) < 4.78 is 38.7. The summed E-state index contributed by atoms with van der Waals surface area (Å²) in [5.74, 6) is -14.9. The van der Waals surface area contributed by atoms with Crippen LogP contribution in [0.5, 0.6) is 0 Å². The summed E-state index contributed by atoms with van der Waals surface area (Å²) in [7, 11) is 0. The van der Waals surface area contributed by atoms with Crippen molar-refractivity contribution >= 4 is 185 Å². The Morgan fingerprint density at radius 1 is 0.395 bits per heavy atom. The lowest BCUT2D eigenvalue weighted by Crippen LogP contribution is -2.22. The van der Waals surface area contributed by atoms with Crippen LogP contribution >= 0.6 is 185 Å². The molecule has 0 N–H and O–H groups in total. The Labute approximate surface area is 280 Å². The summed E-state index contributed by atoms with van der Waals surface area (Å²) in [4.78, 5) is 0. The van der Waals surface area contributed by atoms with Gasteiger partial charge in [0.15, 0.2) is 0 Å². The van der Waals surface area contributed by atoms with Gasteiger partial charge in [-0.2, -0.15) is 45.0 Å². The van der Waals surface area contributed by atoms with E-state index in [0.717, 1.165) is 0 Å². The highest BCUT2D eigenvalue weighted by Crippen LogP contribution is 2.98. The summed E-state index contributed by atoms with van der Waals surface area (Å²) in [5, 5.41) is 0. The zero-order valence-electron chi connectivity index (χ0n) is 19.2. The maximum atomic E-state index is 7.26. The molecule has 0 saturated heterocycles. The van der Waals surface area contributed by atoms with Crippen LogP contribution in [0.2, 0.25) is 0 Å². The van der Waals surface area contributed by atoms with Crippen LogP contribution in [0.3, 0.4) is 0 Å². The molecule has 30 heteroatoms. The van der Waals surface area contributed by atoms with Gasteiger partial charge in [0.2, 0.25) is 26.8 Å². The average molecular weight is 928 g/mol. The first-order valence-corrected chi connectivity index (χ1v) is 34.0. The van der Waals surface area contributed by atoms with Crippen molar-refractivity contribution in [1.29, 1.82) is 0 Å². The molecule has 0 spiro atoms. The van der Waals surface area contributed by atoms with Gasteiger partial charge in [0.1, 0.15) is 0 Å². The minimum atomic E-state index is -3.85. The molecular weight excluding hydrogens is 909 g/mol. The van der Waals surface area contributed by atoms with E-state index in [4.69, 9.17) is 144 Å². The van der Waals surface area contributed by atoms with Gasteiger partial charge in [-0.1, -0.05) is 27.7 Å². The first-order valence-electron chi connectivity index (χ1n) is 9.79. The summed E-state index contributed by atoms with van der Waals surface area (Å²) in [6.45, 7) is -7.58. The second-order valence-corrected chi connectivity index (χ2v) is 43.1. The Hall–Kier alpha value is 5.24. The minimum absolute atomic E-state index is 0.0930. The van der Waals surface area contributed by atoms with Crippen LogP contribution in [0.4, 0.5) is 0 Å². The fourth-order valence-electron chi connectivity index (χ4n) is 2.97. The van der Waals surface area contributed by atoms with Crippen LogP contribution in [-0.2, 0) is 0 Å². The molecule has 4 bridgehead atoms. The molecule has 0 aromatic carbocycles. The first-order chi connectivity index (χ1) is 16.8. The zero-order valence-corrected chi connectivity index (χ0v) is 35.4. The monoisotopic (exact) mass is 922 g/mol. The molecule has 0 aromatic rings. The van der Waals surface area contributed by atoms with Gasteiger partial charge in [0.25, 0.3) is 23.6 Å². The molecule has 4 unspecified atom stereocenters. The number of fused-ring (bicyclic) bond motifs is 4. The van der Waals surface area contributed by atoms with E-state index in [1.807, 2.05) is 27.7 Å². The van der Waals surface area contributed by atoms with Crippen molar-refractivity contribution < 1.29 is 0 Å². The van der Waals surface area contributed by atoms with E-state index in [1.54, 1.807) is 0 Å². The lowest BCUT2D eigenvalue weighted by Gasteiger charge is -2.43. The van der Waals surface area contributed by atoms with Crippen LogP contribution in [-0.4, -0.2) is 22.0 Å². The molecule has 0 amide bonds. The number of rotatable bonds is 4. The number of halogens is 12. The molecule has 3 rings (SSSR count). The molecule has 3 aliphatic rings. The molecule has 0 aromatic heterocycles. The van der Waals surface area contributed by atoms with Gasteiger partial charge < -0.3 is 0 Å². The molecule has 224 valence electrons. The van der Waals surface area contributed by atoms with E-state index >= 15 is 0 Å². The van der Waals surface area contributed by atoms with Crippen molar-refractivity contribution in [2.45, 2.75) is 27.7 Å². The fourth-order valence-corrected chi connectivity index (χ4v) is 56.6. The normalized spacial score (nSPS) is 39.8. The van der Waals surface area contributed by atoms with Crippen molar-refractivity contribution in [2.75, 3.05) is 13.1 Å². The van der Waals surface area contributed by atoms with Crippen molar-refractivity contribution in [3.05, 3.63) is 0 Å². The lowest BCUT2D eigenvalue weighted by molar-refractivity contribution is 0.531. The number of hydrogen-bond acceptors (Lipinski definition) is 10. The summed E-state index contributed by atoms with van der Waals surface area (Å²) in [6.07, 6.45) is 0. The standard InChI is InChI=1S/C8H18Cl12N10P8/c1-7(2)5-29-35(17)23-31(9,10)21-32(11,12)24-36(29,18)28-38(20)26-34(15,16)22-33(13,14)25-37(19,27-35)30(38)6-8(3)4/h7-8H,5-6H2,1-4H3. The molecular formula is C8H18Cl12N10P8. The molecule has 38 heavy (non-hydrogen) atoms. The molecule has 0 fully saturated rings. The largest absolute Gasteiger partial charge is 0.257 e. The van der Waals surface area contributed by atoms with E-state index in [9.17, 15) is 0 Å². The SMILES string of the molecule is CC(C)CN1P2(Cl)=NP(Cl)(Cl)=NP(Cl)(Cl)=NP1(Cl)=NP1(Cl)=NP(Cl)(Cl)=NP(Cl)(Cl)=NP(Cl)(=N2)N1CC(C)C. The van der Waals surface area contributed by atoms with E-state index in [0.29, 0.717) is 0 Å². The highest BCUT2D eigenvalue weighted by atomic mass is 35.9. The molecule has 0 radical (unpaired) electrons. The Bertz CT molecular complexity index is 1350. The summed E-state index contributed by atoms with van der Waals surface area (Å²) >= 11 is 81.2. The Balaban J connectivity index is 2.81. The molecule has 10 nitrogen and oxygen atoms in total. The smallest absolute Gasteiger partial charge is 0.185 e. The highest BCUT2D eigenvalue weighted by Gasteiger charge is 2.52. The fraction of sp³-hybridized carbons (Fsp3) is 1.00. The number of nitrogens with zero attached hydrogens (tertiary/aromatic N) is 10. The first kappa shape index (κ1) is 37.7. The third-order valence-corrected chi connectivity index (χ3v) is 42.2. The molecule has 0 saturated carbocycles. The van der Waals surface area contributed by atoms with Gasteiger partial charge in [-0.15, -0.1) is 0 Å². The number of hydrogen-bond donors (Lipinski definition) is 0. The van der Waals surface area contributed by atoms with Gasteiger partial charge in [-0.25, -0.2) is 0 Å². The second kappa shape index (κ2) is 12.7. The van der Waals surface area contributed by atoms with E-state index in [-0.39, 0.29) is 24.9 Å². The van der Waals surface area contributed by atoms with Gasteiger partial charge in [-0.05, 0) is 147 Å². The Kier molecular flexibility index (Phi) is 12.6. The Morgan fingerprint density at radius 3 is 0.895 bits per heavy atom. The van der Waals surface area contributed by atoms with E-state index in [1.165, 1.54) is 8.88 Å². The van der Waals surface area contributed by atoms with Crippen LogP contribution in [0.25, 0.3) is 0 Å². The Morgan fingerprint density at radius 2 is 0.632 bits per heavy atom. The van der Waals surface area contributed by atoms with Crippen LogP contribution in [0.1, 0.15) is 27.7 Å². The van der Waals surface area contributed by atoms with E-state index < -0.39 is 50.5 Å². The predicted molar refractivity (Wildman–Crippen MR) is 188 cm³/mol. The van der Waals surface area contributed by atoms with Crippen LogP contribution in [0, 0.1) is 11.8 Å². The second-order valence-electron chi connectivity index (χ2n) is 8.42. The highest BCUT2D eigenvalue weighted by molar-refractivity contribution is 8.25. The van der Waals surface area contributed by atoms with Gasteiger partial charge in [0.05, 0.1) is 0 Å². The van der Waals surface area contributed by atoms with Crippen molar-refractivity contribution in [3.63, 3.8) is 0 Å².